The summed E-state index contributed by atoms with van der Waals surface area (Å²) in [5, 5.41) is 0. The zero-order valence-corrected chi connectivity index (χ0v) is 24.2. The van der Waals surface area contributed by atoms with Crippen molar-refractivity contribution in [2.75, 3.05) is 60.2 Å². The zero-order chi connectivity index (χ0) is 28.6. The van der Waals surface area contributed by atoms with Crippen LogP contribution < -0.4 is 23.7 Å². The van der Waals surface area contributed by atoms with Crippen molar-refractivity contribution in [1.29, 1.82) is 0 Å². The van der Waals surface area contributed by atoms with Crippen molar-refractivity contribution in [3.05, 3.63) is 46.5 Å². The highest BCUT2D eigenvalue weighted by molar-refractivity contribution is 5.99. The summed E-state index contributed by atoms with van der Waals surface area (Å²) in [7, 11) is 3.24. The number of hydrogen-bond acceptors (Lipinski definition) is 7. The average Bonchev–Trinajstić information content (AvgIpc) is 3.19. The van der Waals surface area contributed by atoms with E-state index in [1.807, 2.05) is 43.9 Å². The third-order valence-electron chi connectivity index (χ3n) is 7.15. The van der Waals surface area contributed by atoms with Crippen LogP contribution in [-0.2, 0) is 11.2 Å². The van der Waals surface area contributed by atoms with E-state index in [1.54, 1.807) is 31.3 Å². The van der Waals surface area contributed by atoms with Gasteiger partial charge in [0.25, 0.3) is 5.91 Å². The fourth-order valence-electron chi connectivity index (χ4n) is 5.20. The van der Waals surface area contributed by atoms with Gasteiger partial charge >= 0.3 is 0 Å². The lowest BCUT2D eigenvalue weighted by molar-refractivity contribution is -0.128. The van der Waals surface area contributed by atoms with Crippen LogP contribution in [0.4, 0.5) is 0 Å². The molecule has 0 saturated carbocycles. The van der Waals surface area contributed by atoms with Crippen molar-refractivity contribution in [2.24, 2.45) is 0 Å². The van der Waals surface area contributed by atoms with E-state index in [-0.39, 0.29) is 11.8 Å². The lowest BCUT2D eigenvalue weighted by atomic mass is 10.0. The Morgan fingerprint density at radius 1 is 0.700 bits per heavy atom. The fraction of sp³-hybridized carbons (Fsp3) is 0.484. The van der Waals surface area contributed by atoms with Crippen LogP contribution in [0.5, 0.6) is 28.7 Å². The second-order valence-corrected chi connectivity index (χ2v) is 9.61. The molecular weight excluding hydrogens is 512 g/mol. The molecule has 1 saturated heterocycles. The molecule has 2 aromatic carbocycles. The summed E-state index contributed by atoms with van der Waals surface area (Å²) in [6, 6.07) is 7.37. The number of benzene rings is 2. The number of amides is 2. The third kappa shape index (κ3) is 6.29. The van der Waals surface area contributed by atoms with Gasteiger partial charge in [-0.3, -0.25) is 9.59 Å². The molecule has 0 unspecified atom stereocenters. The highest BCUT2D eigenvalue weighted by Crippen LogP contribution is 2.40. The van der Waals surface area contributed by atoms with Crippen LogP contribution in [0.1, 0.15) is 55.1 Å². The molecule has 0 N–H and O–H groups in total. The molecule has 2 aromatic rings. The number of carbonyl (C=O) groups is 2. The first-order valence-corrected chi connectivity index (χ1v) is 14.0. The number of methoxy groups -OCH3 is 2. The summed E-state index contributed by atoms with van der Waals surface area (Å²) >= 11 is 0. The average molecular weight is 553 g/mol. The van der Waals surface area contributed by atoms with Gasteiger partial charge in [0.2, 0.25) is 11.7 Å². The molecular formula is C31H40N2O7. The Morgan fingerprint density at radius 2 is 1.25 bits per heavy atom. The number of nitrogens with zero attached hydrogens (tertiary/aromatic N) is 2. The largest absolute Gasteiger partial charge is 0.493 e. The molecule has 1 fully saturated rings. The summed E-state index contributed by atoms with van der Waals surface area (Å²) in [5.41, 5.74) is 3.38. The zero-order valence-electron chi connectivity index (χ0n) is 24.2. The van der Waals surface area contributed by atoms with Crippen LogP contribution in [-0.4, -0.2) is 81.8 Å². The van der Waals surface area contributed by atoms with E-state index in [1.165, 1.54) is 0 Å². The number of hydrogen-bond donors (Lipinski definition) is 0. The smallest absolute Gasteiger partial charge is 0.254 e. The second-order valence-electron chi connectivity index (χ2n) is 9.61. The van der Waals surface area contributed by atoms with E-state index in [0.717, 1.165) is 29.5 Å². The molecule has 40 heavy (non-hydrogen) atoms. The van der Waals surface area contributed by atoms with E-state index in [4.69, 9.17) is 23.7 Å². The molecule has 2 aliphatic rings. The molecule has 0 spiro atoms. The van der Waals surface area contributed by atoms with Gasteiger partial charge in [-0.1, -0.05) is 0 Å². The molecule has 4 rings (SSSR count). The Hall–Kier alpha value is -3.88. The molecule has 216 valence electrons. The van der Waals surface area contributed by atoms with Crippen molar-refractivity contribution in [3.63, 3.8) is 0 Å². The predicted molar refractivity (Wildman–Crippen MR) is 153 cm³/mol. The normalized spacial score (nSPS) is 15.0. The minimum Gasteiger partial charge on any atom is -0.493 e. The molecule has 0 bridgehead atoms. The van der Waals surface area contributed by atoms with Gasteiger partial charge < -0.3 is 33.5 Å². The number of carbonyl (C=O) groups excluding carboxylic acids is 2. The first-order chi connectivity index (χ1) is 19.4. The minimum absolute atomic E-state index is 0.0214. The SMILES string of the molecule is CCOc1cc(C(=O)N2CCN(C(=O)C3=Cc4cc(OC)c(OC)cc4CCC3)CC2)cc(OCC)c1OCC. The van der Waals surface area contributed by atoms with Gasteiger partial charge in [-0.05, 0) is 81.5 Å². The van der Waals surface area contributed by atoms with Crippen LogP contribution in [0.15, 0.2) is 29.8 Å². The van der Waals surface area contributed by atoms with Gasteiger partial charge in [-0.25, -0.2) is 0 Å². The number of ether oxygens (including phenoxy) is 5. The molecule has 1 heterocycles. The second kappa shape index (κ2) is 13.5. The third-order valence-corrected chi connectivity index (χ3v) is 7.15. The molecule has 1 aliphatic heterocycles. The quantitative estimate of drug-likeness (QED) is 0.426. The summed E-state index contributed by atoms with van der Waals surface area (Å²) < 4.78 is 28.3. The Bertz CT molecular complexity index is 1220. The minimum atomic E-state index is -0.124. The van der Waals surface area contributed by atoms with Gasteiger partial charge in [0, 0.05) is 37.3 Å². The van der Waals surface area contributed by atoms with Gasteiger partial charge in [-0.2, -0.15) is 0 Å². The van der Waals surface area contributed by atoms with Crippen molar-refractivity contribution >= 4 is 17.9 Å². The predicted octanol–water partition coefficient (Wildman–Crippen LogP) is 4.60. The summed E-state index contributed by atoms with van der Waals surface area (Å²) in [5.74, 6) is 2.72. The molecule has 1 aliphatic carbocycles. The van der Waals surface area contributed by atoms with Crippen molar-refractivity contribution in [3.8, 4) is 28.7 Å². The van der Waals surface area contributed by atoms with Gasteiger partial charge in [0.15, 0.2) is 23.0 Å². The first-order valence-electron chi connectivity index (χ1n) is 14.0. The molecule has 0 radical (unpaired) electrons. The van der Waals surface area contributed by atoms with Crippen LogP contribution >= 0.6 is 0 Å². The van der Waals surface area contributed by atoms with E-state index < -0.39 is 0 Å². The Morgan fingerprint density at radius 3 is 1.80 bits per heavy atom. The lowest BCUT2D eigenvalue weighted by Crippen LogP contribution is -2.50. The molecule has 0 aromatic heterocycles. The number of fused-ring (bicyclic) bond motifs is 1. The summed E-state index contributed by atoms with van der Waals surface area (Å²) in [4.78, 5) is 30.6. The van der Waals surface area contributed by atoms with Crippen molar-refractivity contribution < 1.29 is 33.3 Å². The molecule has 9 heteroatoms. The molecule has 9 nitrogen and oxygen atoms in total. The van der Waals surface area contributed by atoms with Crippen molar-refractivity contribution in [1.82, 2.24) is 9.80 Å². The maximum atomic E-state index is 13.5. The summed E-state index contributed by atoms with van der Waals surface area (Å²) in [6.07, 6.45) is 4.42. The van der Waals surface area contributed by atoms with Gasteiger partial charge in [0.05, 0.1) is 34.0 Å². The Labute approximate surface area is 236 Å². The first kappa shape index (κ1) is 29.1. The van der Waals surface area contributed by atoms with Gasteiger partial charge in [-0.15, -0.1) is 0 Å². The standard InChI is InChI=1S/C31H40N2O7/c1-6-38-27-19-24(20-28(39-7-2)29(27)40-8-3)31(35)33-14-12-32(13-15-33)30(34)22-11-9-10-21-17-25(36-4)26(37-5)18-23(21)16-22/h16-20H,6-15H2,1-5H3. The number of aryl methyl sites for hydroxylation is 1. The molecule has 2 amide bonds. The van der Waals surface area contributed by atoms with Crippen LogP contribution in [0.3, 0.4) is 0 Å². The van der Waals surface area contributed by atoms with E-state index in [0.29, 0.717) is 86.7 Å². The van der Waals surface area contributed by atoms with Gasteiger partial charge in [0.1, 0.15) is 0 Å². The maximum absolute atomic E-state index is 13.5. The Kier molecular flexibility index (Phi) is 9.79. The highest BCUT2D eigenvalue weighted by Gasteiger charge is 2.29. The number of piperazine rings is 1. The van der Waals surface area contributed by atoms with E-state index >= 15 is 0 Å². The van der Waals surface area contributed by atoms with E-state index in [9.17, 15) is 9.59 Å². The highest BCUT2D eigenvalue weighted by atomic mass is 16.5. The number of rotatable bonds is 10. The fourth-order valence-corrected chi connectivity index (χ4v) is 5.20. The maximum Gasteiger partial charge on any atom is 0.254 e. The van der Waals surface area contributed by atoms with Crippen molar-refractivity contribution in [2.45, 2.75) is 40.0 Å². The van der Waals surface area contributed by atoms with Crippen LogP contribution in [0.2, 0.25) is 0 Å². The van der Waals surface area contributed by atoms with E-state index in [2.05, 4.69) is 0 Å². The monoisotopic (exact) mass is 552 g/mol. The lowest BCUT2D eigenvalue weighted by Gasteiger charge is -2.35. The topological polar surface area (TPSA) is 86.8 Å². The Balaban J connectivity index is 1.48. The van der Waals surface area contributed by atoms with Crippen LogP contribution in [0.25, 0.3) is 6.08 Å². The summed E-state index contributed by atoms with van der Waals surface area (Å²) in [6.45, 7) is 8.81. The molecule has 0 atom stereocenters. The van der Waals surface area contributed by atoms with Crippen LogP contribution in [0, 0.1) is 0 Å².